The molecule has 2 aromatic rings. The summed E-state index contributed by atoms with van der Waals surface area (Å²) in [5.41, 5.74) is 2.00. The van der Waals surface area contributed by atoms with Crippen molar-refractivity contribution in [1.82, 2.24) is 10.2 Å². The van der Waals surface area contributed by atoms with Crippen molar-refractivity contribution in [2.45, 2.75) is 19.8 Å². The summed E-state index contributed by atoms with van der Waals surface area (Å²) in [7, 11) is 0. The van der Waals surface area contributed by atoms with Crippen LogP contribution in [0, 0.1) is 6.92 Å². The van der Waals surface area contributed by atoms with E-state index in [1.807, 2.05) is 37.3 Å². The van der Waals surface area contributed by atoms with Gasteiger partial charge in [-0.05, 0) is 42.5 Å². The molecule has 7 heteroatoms. The fourth-order valence-electron chi connectivity index (χ4n) is 2.59. The number of imide groups is 1. The molecule has 1 aromatic carbocycles. The summed E-state index contributed by atoms with van der Waals surface area (Å²) >= 11 is 0.922. The van der Waals surface area contributed by atoms with Crippen LogP contribution in [0.5, 0.6) is 0 Å². The van der Waals surface area contributed by atoms with Crippen LogP contribution in [0.15, 0.2) is 52.0 Å². The van der Waals surface area contributed by atoms with Gasteiger partial charge < -0.3 is 9.73 Å². The Morgan fingerprint density at radius 3 is 2.70 bits per heavy atom. The van der Waals surface area contributed by atoms with Crippen LogP contribution < -0.4 is 5.32 Å². The van der Waals surface area contributed by atoms with Gasteiger partial charge in [0.25, 0.3) is 11.1 Å². The number of carbonyl (C=O) groups excluding carboxylic acids is 3. The molecule has 1 aromatic heterocycles. The average Bonchev–Trinajstić information content (AvgIpc) is 3.26. The lowest BCUT2D eigenvalue weighted by molar-refractivity contribution is -0.124. The molecule has 1 aliphatic heterocycles. The number of furan rings is 1. The van der Waals surface area contributed by atoms with Crippen molar-refractivity contribution in [3.05, 3.63) is 64.5 Å². The fourth-order valence-corrected chi connectivity index (χ4v) is 3.46. The second-order valence-corrected chi connectivity index (χ2v) is 7.17. The normalized spacial score (nSPS) is 15.6. The summed E-state index contributed by atoms with van der Waals surface area (Å²) in [6, 6.07) is 11.3. The minimum atomic E-state index is -0.324. The van der Waals surface area contributed by atoms with E-state index in [1.54, 1.807) is 18.4 Å². The van der Waals surface area contributed by atoms with E-state index >= 15 is 0 Å². The molecule has 2 heterocycles. The van der Waals surface area contributed by atoms with Gasteiger partial charge in [0.05, 0.1) is 11.2 Å². The number of nitrogens with zero attached hydrogens (tertiary/aromatic N) is 1. The molecule has 1 fully saturated rings. The van der Waals surface area contributed by atoms with Gasteiger partial charge in [-0.25, -0.2) is 0 Å². The van der Waals surface area contributed by atoms with Gasteiger partial charge in [-0.15, -0.1) is 0 Å². The minimum absolute atomic E-state index is 0.145. The molecule has 0 aliphatic carbocycles. The molecule has 140 valence electrons. The van der Waals surface area contributed by atoms with Gasteiger partial charge in [0.1, 0.15) is 5.76 Å². The van der Waals surface area contributed by atoms with Crippen LogP contribution in [0.4, 0.5) is 4.79 Å². The second kappa shape index (κ2) is 8.73. The Balaban J connectivity index is 1.48. The summed E-state index contributed by atoms with van der Waals surface area (Å²) in [4.78, 5) is 37.9. The highest BCUT2D eigenvalue weighted by Crippen LogP contribution is 2.31. The van der Waals surface area contributed by atoms with E-state index < -0.39 is 0 Å². The first kappa shape index (κ1) is 19.0. The Kier molecular flexibility index (Phi) is 6.13. The third kappa shape index (κ3) is 5.10. The predicted octanol–water partition coefficient (Wildman–Crippen LogP) is 3.37. The average molecular weight is 384 g/mol. The molecule has 3 amide bonds. The molecule has 0 saturated carbocycles. The van der Waals surface area contributed by atoms with Crippen LogP contribution in [0.3, 0.4) is 0 Å². The van der Waals surface area contributed by atoms with E-state index in [2.05, 4.69) is 5.32 Å². The molecule has 0 unspecified atom stereocenters. The Morgan fingerprint density at radius 2 is 2.00 bits per heavy atom. The van der Waals surface area contributed by atoms with Crippen molar-refractivity contribution < 1.29 is 18.8 Å². The van der Waals surface area contributed by atoms with E-state index in [0.717, 1.165) is 33.5 Å². The molecule has 0 radical (unpaired) electrons. The lowest BCUT2D eigenvalue weighted by Crippen LogP contribution is -2.37. The zero-order chi connectivity index (χ0) is 19.2. The lowest BCUT2D eigenvalue weighted by Gasteiger charge is -2.12. The third-order valence-corrected chi connectivity index (χ3v) is 4.99. The smallest absolute Gasteiger partial charge is 0.293 e. The standard InChI is InChI=1S/C20H20N2O4S/c1-14-4-6-15(7-5-14)13-17-19(24)22(20(25)27-17)11-10-21-18(23)9-8-16-3-2-12-26-16/h2-7,12-13H,8-11H2,1H3,(H,21,23)/b17-13+. The van der Waals surface area contributed by atoms with E-state index in [0.29, 0.717) is 17.7 Å². The number of carbonyl (C=O) groups is 3. The van der Waals surface area contributed by atoms with Crippen LogP contribution >= 0.6 is 11.8 Å². The van der Waals surface area contributed by atoms with Crippen LogP contribution in [-0.2, 0) is 16.0 Å². The quantitative estimate of drug-likeness (QED) is 0.741. The first-order valence-corrected chi connectivity index (χ1v) is 9.46. The molecular weight excluding hydrogens is 364 g/mol. The molecule has 1 aliphatic rings. The highest BCUT2D eigenvalue weighted by Gasteiger charge is 2.34. The van der Waals surface area contributed by atoms with Crippen molar-refractivity contribution in [2.24, 2.45) is 0 Å². The number of aryl methyl sites for hydroxylation is 2. The van der Waals surface area contributed by atoms with Gasteiger partial charge >= 0.3 is 0 Å². The summed E-state index contributed by atoms with van der Waals surface area (Å²) in [6.45, 7) is 2.37. The van der Waals surface area contributed by atoms with E-state index in [-0.39, 0.29) is 30.1 Å². The molecule has 1 N–H and O–H groups in total. The minimum Gasteiger partial charge on any atom is -0.469 e. The van der Waals surface area contributed by atoms with Crippen molar-refractivity contribution in [2.75, 3.05) is 13.1 Å². The number of thioether (sulfide) groups is 1. The number of rotatable bonds is 7. The maximum absolute atomic E-state index is 12.4. The molecule has 27 heavy (non-hydrogen) atoms. The second-order valence-electron chi connectivity index (χ2n) is 6.17. The number of benzene rings is 1. The highest BCUT2D eigenvalue weighted by molar-refractivity contribution is 8.18. The van der Waals surface area contributed by atoms with Crippen molar-refractivity contribution in [3.63, 3.8) is 0 Å². The van der Waals surface area contributed by atoms with Crippen molar-refractivity contribution >= 4 is 34.9 Å². The Hall–Kier alpha value is -2.80. The maximum atomic E-state index is 12.4. The summed E-state index contributed by atoms with van der Waals surface area (Å²) in [5.74, 6) is 0.279. The molecule has 6 nitrogen and oxygen atoms in total. The molecule has 1 saturated heterocycles. The first-order valence-electron chi connectivity index (χ1n) is 8.64. The Bertz CT molecular complexity index is 857. The highest BCUT2D eigenvalue weighted by atomic mass is 32.2. The summed E-state index contributed by atoms with van der Waals surface area (Å²) < 4.78 is 5.18. The monoisotopic (exact) mass is 384 g/mol. The largest absolute Gasteiger partial charge is 0.469 e. The number of amides is 3. The Labute approximate surface area is 161 Å². The number of nitrogens with one attached hydrogen (secondary N) is 1. The molecule has 3 rings (SSSR count). The van der Waals surface area contributed by atoms with Gasteiger partial charge in [0.15, 0.2) is 0 Å². The van der Waals surface area contributed by atoms with Crippen LogP contribution in [-0.4, -0.2) is 35.0 Å². The van der Waals surface area contributed by atoms with Gasteiger partial charge in [-0.3, -0.25) is 19.3 Å². The molecular formula is C20H20N2O4S. The fraction of sp³-hybridized carbons (Fsp3) is 0.250. The van der Waals surface area contributed by atoms with Crippen LogP contribution in [0.25, 0.3) is 6.08 Å². The molecule has 0 bridgehead atoms. The van der Waals surface area contributed by atoms with Crippen LogP contribution in [0.2, 0.25) is 0 Å². The summed E-state index contributed by atoms with van der Waals surface area (Å²) in [5, 5.41) is 2.41. The van der Waals surface area contributed by atoms with E-state index in [1.165, 1.54) is 0 Å². The van der Waals surface area contributed by atoms with Gasteiger partial charge in [0, 0.05) is 25.9 Å². The van der Waals surface area contributed by atoms with Gasteiger partial charge in [-0.1, -0.05) is 29.8 Å². The first-order chi connectivity index (χ1) is 13.0. The van der Waals surface area contributed by atoms with Crippen molar-refractivity contribution in [3.8, 4) is 0 Å². The van der Waals surface area contributed by atoms with Crippen LogP contribution in [0.1, 0.15) is 23.3 Å². The zero-order valence-corrected chi connectivity index (χ0v) is 15.8. The zero-order valence-electron chi connectivity index (χ0n) is 14.9. The van der Waals surface area contributed by atoms with Crippen molar-refractivity contribution in [1.29, 1.82) is 0 Å². The number of hydrogen-bond acceptors (Lipinski definition) is 5. The molecule has 0 spiro atoms. The van der Waals surface area contributed by atoms with E-state index in [4.69, 9.17) is 4.42 Å². The molecule has 0 atom stereocenters. The topological polar surface area (TPSA) is 79.6 Å². The third-order valence-electron chi connectivity index (χ3n) is 4.08. The van der Waals surface area contributed by atoms with E-state index in [9.17, 15) is 14.4 Å². The Morgan fingerprint density at radius 1 is 1.22 bits per heavy atom. The maximum Gasteiger partial charge on any atom is 0.293 e. The predicted molar refractivity (Wildman–Crippen MR) is 104 cm³/mol. The van der Waals surface area contributed by atoms with Gasteiger partial charge in [-0.2, -0.15) is 0 Å². The SMILES string of the molecule is Cc1ccc(/C=C2/SC(=O)N(CCNC(=O)CCc3ccco3)C2=O)cc1. The lowest BCUT2D eigenvalue weighted by atomic mass is 10.1. The van der Waals surface area contributed by atoms with Gasteiger partial charge in [0.2, 0.25) is 5.91 Å². The number of hydrogen-bond donors (Lipinski definition) is 1. The summed E-state index contributed by atoms with van der Waals surface area (Å²) in [6.07, 6.45) is 4.09.